The molecular weight excluding hydrogens is 192 g/mol. The summed E-state index contributed by atoms with van der Waals surface area (Å²) in [5.74, 6) is 0.102. The third kappa shape index (κ3) is 6.42. The van der Waals surface area contributed by atoms with Gasteiger partial charge in [-0.05, 0) is 31.4 Å². The summed E-state index contributed by atoms with van der Waals surface area (Å²) in [4.78, 5) is 11.3. The standard InChI is InChI=1S/C12H22O3/c1-5-6-7-8-11(10(2)13)9-12(14-3)15-4/h9,12H,5-8H2,1-4H3. The van der Waals surface area contributed by atoms with E-state index < -0.39 is 6.29 Å². The third-order valence-electron chi connectivity index (χ3n) is 2.30. The van der Waals surface area contributed by atoms with E-state index in [1.807, 2.05) is 0 Å². The zero-order valence-corrected chi connectivity index (χ0v) is 10.2. The Bertz CT molecular complexity index is 205. The molecule has 0 aliphatic heterocycles. The fourth-order valence-corrected chi connectivity index (χ4v) is 1.34. The van der Waals surface area contributed by atoms with Gasteiger partial charge >= 0.3 is 0 Å². The fraction of sp³-hybridized carbons (Fsp3) is 0.750. The van der Waals surface area contributed by atoms with E-state index in [4.69, 9.17) is 9.47 Å². The predicted octanol–water partition coefficient (Wildman–Crippen LogP) is 2.70. The number of ketones is 1. The van der Waals surface area contributed by atoms with Crippen LogP contribution in [0.2, 0.25) is 0 Å². The highest BCUT2D eigenvalue weighted by Crippen LogP contribution is 2.12. The van der Waals surface area contributed by atoms with Crippen molar-refractivity contribution in [3.05, 3.63) is 11.6 Å². The molecule has 0 amide bonds. The first-order valence-corrected chi connectivity index (χ1v) is 5.42. The van der Waals surface area contributed by atoms with Crippen LogP contribution >= 0.6 is 0 Å². The molecule has 0 spiro atoms. The van der Waals surface area contributed by atoms with Crippen molar-refractivity contribution >= 4 is 5.78 Å². The number of ether oxygens (including phenoxy) is 2. The molecule has 0 aliphatic carbocycles. The minimum absolute atomic E-state index is 0.102. The van der Waals surface area contributed by atoms with Crippen LogP contribution in [-0.4, -0.2) is 26.3 Å². The number of carbonyl (C=O) groups excluding carboxylic acids is 1. The van der Waals surface area contributed by atoms with E-state index in [9.17, 15) is 4.79 Å². The number of hydrogen-bond acceptors (Lipinski definition) is 3. The fourth-order valence-electron chi connectivity index (χ4n) is 1.34. The Hall–Kier alpha value is -0.670. The molecule has 0 heterocycles. The monoisotopic (exact) mass is 214 g/mol. The molecule has 0 radical (unpaired) electrons. The van der Waals surface area contributed by atoms with Crippen LogP contribution in [-0.2, 0) is 14.3 Å². The minimum Gasteiger partial charge on any atom is -0.352 e. The van der Waals surface area contributed by atoms with Gasteiger partial charge in [0.2, 0.25) is 0 Å². The molecule has 0 N–H and O–H groups in total. The first-order chi connectivity index (χ1) is 7.15. The lowest BCUT2D eigenvalue weighted by Gasteiger charge is -2.11. The number of rotatable bonds is 8. The van der Waals surface area contributed by atoms with Crippen molar-refractivity contribution in [1.82, 2.24) is 0 Å². The second kappa shape index (κ2) is 8.62. The van der Waals surface area contributed by atoms with Gasteiger partial charge in [-0.3, -0.25) is 4.79 Å². The molecule has 0 saturated carbocycles. The zero-order chi connectivity index (χ0) is 11.7. The lowest BCUT2D eigenvalue weighted by atomic mass is 10.0. The molecule has 0 saturated heterocycles. The summed E-state index contributed by atoms with van der Waals surface area (Å²) in [6.07, 6.45) is 5.51. The molecule has 3 nitrogen and oxygen atoms in total. The highest BCUT2D eigenvalue weighted by atomic mass is 16.7. The Balaban J connectivity index is 4.29. The molecule has 0 atom stereocenters. The number of allylic oxidation sites excluding steroid dienone is 1. The normalized spacial score (nSPS) is 12.2. The maximum atomic E-state index is 11.3. The molecule has 0 aromatic heterocycles. The van der Waals surface area contributed by atoms with Crippen LogP contribution in [0.15, 0.2) is 11.6 Å². The van der Waals surface area contributed by atoms with E-state index in [2.05, 4.69) is 6.92 Å². The smallest absolute Gasteiger partial charge is 0.176 e. The van der Waals surface area contributed by atoms with Gasteiger partial charge in [0.25, 0.3) is 0 Å². The first kappa shape index (κ1) is 14.3. The molecule has 0 aliphatic rings. The number of hydrogen-bond donors (Lipinski definition) is 0. The van der Waals surface area contributed by atoms with Crippen molar-refractivity contribution in [2.24, 2.45) is 0 Å². The highest BCUT2D eigenvalue weighted by molar-refractivity contribution is 5.93. The van der Waals surface area contributed by atoms with E-state index in [0.29, 0.717) is 0 Å². The van der Waals surface area contributed by atoms with Crippen LogP contribution in [0.5, 0.6) is 0 Å². The van der Waals surface area contributed by atoms with E-state index in [-0.39, 0.29) is 5.78 Å². The van der Waals surface area contributed by atoms with Gasteiger partial charge in [0.1, 0.15) is 0 Å². The molecule has 0 unspecified atom stereocenters. The van der Waals surface area contributed by atoms with Gasteiger partial charge in [-0.15, -0.1) is 0 Å². The second-order valence-electron chi connectivity index (χ2n) is 3.54. The summed E-state index contributed by atoms with van der Waals surface area (Å²) in [7, 11) is 3.13. The number of Topliss-reactive ketones (excluding diaryl/α,β-unsaturated/α-hetero) is 1. The van der Waals surface area contributed by atoms with Crippen molar-refractivity contribution in [2.45, 2.75) is 45.8 Å². The first-order valence-electron chi connectivity index (χ1n) is 5.42. The van der Waals surface area contributed by atoms with E-state index >= 15 is 0 Å². The van der Waals surface area contributed by atoms with Crippen molar-refractivity contribution in [3.63, 3.8) is 0 Å². The van der Waals surface area contributed by atoms with E-state index in [1.54, 1.807) is 27.2 Å². The minimum atomic E-state index is -0.412. The van der Waals surface area contributed by atoms with Crippen LogP contribution in [0.4, 0.5) is 0 Å². The van der Waals surface area contributed by atoms with Gasteiger partial charge in [-0.1, -0.05) is 19.8 Å². The summed E-state index contributed by atoms with van der Waals surface area (Å²) >= 11 is 0. The van der Waals surface area contributed by atoms with Gasteiger partial charge in [0.05, 0.1) is 0 Å². The van der Waals surface area contributed by atoms with Crippen LogP contribution in [0.1, 0.15) is 39.5 Å². The summed E-state index contributed by atoms with van der Waals surface area (Å²) in [5, 5.41) is 0. The largest absolute Gasteiger partial charge is 0.352 e. The van der Waals surface area contributed by atoms with Crippen LogP contribution in [0.3, 0.4) is 0 Å². The lowest BCUT2D eigenvalue weighted by molar-refractivity contribution is -0.114. The Morgan fingerprint density at radius 3 is 2.27 bits per heavy atom. The summed E-state index contributed by atoms with van der Waals surface area (Å²) in [6.45, 7) is 3.73. The Kier molecular flexibility index (Phi) is 8.24. The summed E-state index contributed by atoms with van der Waals surface area (Å²) in [6, 6.07) is 0. The van der Waals surface area contributed by atoms with Gasteiger partial charge < -0.3 is 9.47 Å². The predicted molar refractivity (Wildman–Crippen MR) is 60.7 cm³/mol. The molecule has 88 valence electrons. The van der Waals surface area contributed by atoms with Crippen molar-refractivity contribution < 1.29 is 14.3 Å². The molecule has 0 rings (SSSR count). The van der Waals surface area contributed by atoms with Gasteiger partial charge in [-0.25, -0.2) is 0 Å². The van der Waals surface area contributed by atoms with Crippen LogP contribution in [0, 0.1) is 0 Å². The van der Waals surface area contributed by atoms with Gasteiger partial charge in [-0.2, -0.15) is 0 Å². The van der Waals surface area contributed by atoms with E-state index in [0.717, 1.165) is 31.3 Å². The van der Waals surface area contributed by atoms with Gasteiger partial charge in [0.15, 0.2) is 12.1 Å². The van der Waals surface area contributed by atoms with E-state index in [1.165, 1.54) is 0 Å². The highest BCUT2D eigenvalue weighted by Gasteiger charge is 2.08. The lowest BCUT2D eigenvalue weighted by Crippen LogP contribution is -2.12. The molecular formula is C12H22O3. The molecule has 3 heteroatoms. The SMILES string of the molecule is CCCCCC(=CC(OC)OC)C(C)=O. The number of carbonyl (C=O) groups is 1. The van der Waals surface area contributed by atoms with Crippen molar-refractivity contribution in [3.8, 4) is 0 Å². The van der Waals surface area contributed by atoms with Crippen LogP contribution in [0.25, 0.3) is 0 Å². The molecule has 0 aromatic carbocycles. The van der Waals surface area contributed by atoms with Crippen molar-refractivity contribution in [2.75, 3.05) is 14.2 Å². The van der Waals surface area contributed by atoms with Crippen molar-refractivity contribution in [1.29, 1.82) is 0 Å². The number of methoxy groups -OCH3 is 2. The number of unbranched alkanes of at least 4 members (excludes halogenated alkanes) is 2. The van der Waals surface area contributed by atoms with Gasteiger partial charge in [0, 0.05) is 14.2 Å². The Labute approximate surface area is 92.5 Å². The molecule has 0 bridgehead atoms. The molecule has 0 aromatic rings. The summed E-state index contributed by atoms with van der Waals surface area (Å²) < 4.78 is 10.1. The average molecular weight is 214 g/mol. The topological polar surface area (TPSA) is 35.5 Å². The quantitative estimate of drug-likeness (QED) is 0.354. The maximum Gasteiger partial charge on any atom is 0.176 e. The molecule has 15 heavy (non-hydrogen) atoms. The Morgan fingerprint density at radius 1 is 1.27 bits per heavy atom. The van der Waals surface area contributed by atoms with Crippen LogP contribution < -0.4 is 0 Å². The second-order valence-corrected chi connectivity index (χ2v) is 3.54. The average Bonchev–Trinajstić information content (AvgIpc) is 2.23. The maximum absolute atomic E-state index is 11.3. The zero-order valence-electron chi connectivity index (χ0n) is 10.2. The molecule has 0 fully saturated rings. The Morgan fingerprint density at radius 2 is 1.87 bits per heavy atom. The third-order valence-corrected chi connectivity index (χ3v) is 2.30. The summed E-state index contributed by atoms with van der Waals surface area (Å²) in [5.41, 5.74) is 0.803.